The third kappa shape index (κ3) is 3.34. The number of likely N-dealkylation sites (tertiary alicyclic amines) is 2. The first-order valence-corrected chi connectivity index (χ1v) is 8.42. The van der Waals surface area contributed by atoms with Crippen LogP contribution in [-0.4, -0.2) is 55.0 Å². The molecule has 2 atom stereocenters. The maximum Gasteiger partial charge on any atom is 0.227 e. The molecule has 0 spiro atoms. The fraction of sp³-hybridized carbons (Fsp3) is 0.611. The topological polar surface area (TPSA) is 32.8 Å². The number of rotatable bonds is 4. The third-order valence-corrected chi connectivity index (χ3v) is 5.21. The maximum atomic E-state index is 13.8. The van der Waals surface area contributed by atoms with Gasteiger partial charge in [-0.25, -0.2) is 4.39 Å². The van der Waals surface area contributed by atoms with Crippen LogP contribution in [0.25, 0.3) is 0 Å². The molecule has 0 saturated carbocycles. The lowest BCUT2D eigenvalue weighted by Crippen LogP contribution is -2.47. The van der Waals surface area contributed by atoms with Crippen LogP contribution >= 0.6 is 0 Å². The lowest BCUT2D eigenvalue weighted by atomic mass is 10.0. The first-order valence-electron chi connectivity index (χ1n) is 8.42. The van der Waals surface area contributed by atoms with Crippen molar-refractivity contribution in [1.82, 2.24) is 9.80 Å². The van der Waals surface area contributed by atoms with Crippen LogP contribution in [0.3, 0.4) is 0 Å². The molecule has 2 aliphatic heterocycles. The van der Waals surface area contributed by atoms with Crippen LogP contribution < -0.4 is 4.74 Å². The minimum atomic E-state index is -0.411. The number of hydrogen-bond acceptors (Lipinski definition) is 3. The Bertz CT molecular complexity index is 578. The lowest BCUT2D eigenvalue weighted by Gasteiger charge is -2.33. The number of carbonyl (C=O) groups is 1. The Morgan fingerprint density at radius 2 is 2.00 bits per heavy atom. The molecular formula is C18H25FN2O2. The van der Waals surface area contributed by atoms with E-state index >= 15 is 0 Å². The SMILES string of the molecule is COc1ccc(CC(=O)N2CCC[C@H]2[C@@H]2CCCN2C)cc1F. The molecule has 0 bridgehead atoms. The van der Waals surface area contributed by atoms with Crippen molar-refractivity contribution < 1.29 is 13.9 Å². The summed E-state index contributed by atoms with van der Waals surface area (Å²) >= 11 is 0. The molecule has 2 aliphatic rings. The number of amides is 1. The largest absolute Gasteiger partial charge is 0.494 e. The molecule has 0 radical (unpaired) electrons. The van der Waals surface area contributed by atoms with E-state index < -0.39 is 5.82 Å². The van der Waals surface area contributed by atoms with Crippen LogP contribution in [-0.2, 0) is 11.2 Å². The van der Waals surface area contributed by atoms with Crippen LogP contribution in [0.1, 0.15) is 31.2 Å². The highest BCUT2D eigenvalue weighted by Crippen LogP contribution is 2.29. The number of nitrogens with zero attached hydrogens (tertiary/aromatic N) is 2. The first-order chi connectivity index (χ1) is 11.1. The highest BCUT2D eigenvalue weighted by Gasteiger charge is 2.38. The Hall–Kier alpha value is -1.62. The first kappa shape index (κ1) is 16.2. The molecule has 2 saturated heterocycles. The van der Waals surface area contributed by atoms with Gasteiger partial charge in [-0.3, -0.25) is 4.79 Å². The van der Waals surface area contributed by atoms with Crippen molar-refractivity contribution in [2.45, 2.75) is 44.2 Å². The smallest absolute Gasteiger partial charge is 0.227 e. The Morgan fingerprint density at radius 1 is 1.26 bits per heavy atom. The summed E-state index contributed by atoms with van der Waals surface area (Å²) in [4.78, 5) is 17.1. The Balaban J connectivity index is 1.68. The van der Waals surface area contributed by atoms with Crippen LogP contribution in [0.2, 0.25) is 0 Å². The number of likely N-dealkylation sites (N-methyl/N-ethyl adjacent to an activating group) is 1. The quantitative estimate of drug-likeness (QED) is 0.854. The summed E-state index contributed by atoms with van der Waals surface area (Å²) < 4.78 is 18.7. The molecule has 1 amide bonds. The van der Waals surface area contributed by atoms with Gasteiger partial charge < -0.3 is 14.5 Å². The molecule has 2 fully saturated rings. The second kappa shape index (κ2) is 6.87. The molecule has 23 heavy (non-hydrogen) atoms. The molecule has 1 aromatic rings. The van der Waals surface area contributed by atoms with Gasteiger partial charge >= 0.3 is 0 Å². The van der Waals surface area contributed by atoms with E-state index in [0.29, 0.717) is 17.6 Å². The summed E-state index contributed by atoms with van der Waals surface area (Å²) in [6, 6.07) is 5.56. The van der Waals surface area contributed by atoms with Crippen LogP contribution in [0, 0.1) is 5.82 Å². The molecule has 0 aromatic heterocycles. The average Bonchev–Trinajstić information content (AvgIpc) is 3.15. The molecule has 2 heterocycles. The van der Waals surface area contributed by atoms with Crippen LogP contribution in [0.4, 0.5) is 4.39 Å². The highest BCUT2D eigenvalue weighted by molar-refractivity contribution is 5.79. The maximum absolute atomic E-state index is 13.8. The predicted octanol–water partition coefficient (Wildman–Crippen LogP) is 2.46. The zero-order valence-electron chi connectivity index (χ0n) is 13.9. The molecular weight excluding hydrogens is 295 g/mol. The number of halogens is 1. The molecule has 126 valence electrons. The highest BCUT2D eigenvalue weighted by atomic mass is 19.1. The molecule has 0 aliphatic carbocycles. The van der Waals surface area contributed by atoms with Crippen molar-refractivity contribution in [3.63, 3.8) is 0 Å². The fourth-order valence-corrected chi connectivity index (χ4v) is 4.02. The van der Waals surface area contributed by atoms with Gasteiger partial charge in [0, 0.05) is 18.6 Å². The van der Waals surface area contributed by atoms with Crippen molar-refractivity contribution in [3.8, 4) is 5.75 Å². The number of carbonyl (C=O) groups excluding carboxylic acids is 1. The van der Waals surface area contributed by atoms with Crippen molar-refractivity contribution >= 4 is 5.91 Å². The Morgan fingerprint density at radius 3 is 2.65 bits per heavy atom. The van der Waals surface area contributed by atoms with Gasteiger partial charge in [-0.1, -0.05) is 6.07 Å². The van der Waals surface area contributed by atoms with E-state index in [1.807, 2.05) is 4.90 Å². The van der Waals surface area contributed by atoms with E-state index in [1.165, 1.54) is 26.0 Å². The number of methoxy groups -OCH3 is 1. The molecule has 0 unspecified atom stereocenters. The summed E-state index contributed by atoms with van der Waals surface area (Å²) in [5.74, 6) is -0.0866. The van der Waals surface area contributed by atoms with E-state index in [4.69, 9.17) is 4.74 Å². The Labute approximate surface area is 137 Å². The molecule has 3 rings (SSSR count). The van der Waals surface area contributed by atoms with Crippen molar-refractivity contribution in [2.24, 2.45) is 0 Å². The Kier molecular flexibility index (Phi) is 4.85. The standard InChI is InChI=1S/C18H25FN2O2/c1-20-9-3-5-15(20)16-6-4-10-21(16)18(22)12-13-7-8-17(23-2)14(19)11-13/h7-8,11,15-16H,3-6,9-10,12H2,1-2H3/t15-,16-/m0/s1. The predicted molar refractivity (Wildman–Crippen MR) is 87.0 cm³/mol. The monoisotopic (exact) mass is 320 g/mol. The van der Waals surface area contributed by atoms with Gasteiger partial charge in [-0.2, -0.15) is 0 Å². The van der Waals surface area contributed by atoms with Gasteiger partial charge in [0.2, 0.25) is 5.91 Å². The van der Waals surface area contributed by atoms with Gasteiger partial charge in [-0.15, -0.1) is 0 Å². The van der Waals surface area contributed by atoms with Crippen molar-refractivity contribution in [1.29, 1.82) is 0 Å². The molecule has 1 aromatic carbocycles. The van der Waals surface area contributed by atoms with E-state index in [2.05, 4.69) is 11.9 Å². The third-order valence-electron chi connectivity index (χ3n) is 5.21. The zero-order chi connectivity index (χ0) is 16.4. The number of ether oxygens (including phenoxy) is 1. The second-order valence-corrected chi connectivity index (χ2v) is 6.63. The van der Waals surface area contributed by atoms with Gasteiger partial charge in [0.05, 0.1) is 13.5 Å². The molecule has 4 nitrogen and oxygen atoms in total. The fourth-order valence-electron chi connectivity index (χ4n) is 4.02. The lowest BCUT2D eigenvalue weighted by molar-refractivity contribution is -0.132. The summed E-state index contributed by atoms with van der Waals surface area (Å²) in [5.41, 5.74) is 0.707. The summed E-state index contributed by atoms with van der Waals surface area (Å²) in [6.45, 7) is 1.94. The van der Waals surface area contributed by atoms with Gasteiger partial charge in [0.25, 0.3) is 0 Å². The minimum absolute atomic E-state index is 0.109. The zero-order valence-corrected chi connectivity index (χ0v) is 13.9. The van der Waals surface area contributed by atoms with Crippen molar-refractivity contribution in [3.05, 3.63) is 29.6 Å². The second-order valence-electron chi connectivity index (χ2n) is 6.63. The van der Waals surface area contributed by atoms with Gasteiger partial charge in [0.15, 0.2) is 11.6 Å². The minimum Gasteiger partial charge on any atom is -0.494 e. The average molecular weight is 320 g/mol. The summed E-state index contributed by atoms with van der Waals surface area (Å²) in [7, 11) is 3.59. The van der Waals surface area contributed by atoms with E-state index in [-0.39, 0.29) is 18.1 Å². The van der Waals surface area contributed by atoms with E-state index in [9.17, 15) is 9.18 Å². The summed E-state index contributed by atoms with van der Waals surface area (Å²) in [6.07, 6.45) is 4.79. The van der Waals surface area contributed by atoms with Crippen LogP contribution in [0.5, 0.6) is 5.75 Å². The normalized spacial score (nSPS) is 25.1. The summed E-state index contributed by atoms with van der Waals surface area (Å²) in [5, 5.41) is 0. The van der Waals surface area contributed by atoms with E-state index in [1.54, 1.807) is 12.1 Å². The number of benzene rings is 1. The molecule has 5 heteroatoms. The van der Waals surface area contributed by atoms with E-state index in [0.717, 1.165) is 25.9 Å². The van der Waals surface area contributed by atoms with Gasteiger partial charge in [0.1, 0.15) is 0 Å². The van der Waals surface area contributed by atoms with Gasteiger partial charge in [-0.05, 0) is 57.0 Å². The van der Waals surface area contributed by atoms with Crippen molar-refractivity contribution in [2.75, 3.05) is 27.2 Å². The van der Waals surface area contributed by atoms with Crippen LogP contribution in [0.15, 0.2) is 18.2 Å². The molecule has 0 N–H and O–H groups in total. The number of hydrogen-bond donors (Lipinski definition) is 0.